The van der Waals surface area contributed by atoms with Crippen molar-refractivity contribution in [3.63, 3.8) is 0 Å². The zero-order chi connectivity index (χ0) is 14.5. The number of benzene rings is 1. The van der Waals surface area contributed by atoms with Crippen molar-refractivity contribution in [3.8, 4) is 5.75 Å². The maximum atomic E-state index is 10.9. The van der Waals surface area contributed by atoms with Crippen molar-refractivity contribution < 1.29 is 14.6 Å². The highest BCUT2D eigenvalue weighted by Gasteiger charge is 2.25. The molecule has 106 valence electrons. The number of ether oxygens (including phenoxy) is 1. The van der Waals surface area contributed by atoms with Crippen LogP contribution < -0.4 is 4.74 Å². The number of rotatable bonds is 7. The van der Waals surface area contributed by atoms with Gasteiger partial charge in [-0.25, -0.2) is 0 Å². The van der Waals surface area contributed by atoms with Gasteiger partial charge in [-0.3, -0.25) is 4.79 Å². The van der Waals surface area contributed by atoms with Crippen LogP contribution in [0.3, 0.4) is 0 Å². The van der Waals surface area contributed by atoms with Crippen LogP contribution in [0.5, 0.6) is 5.75 Å². The molecule has 1 rings (SSSR count). The number of hydrogen-bond donors (Lipinski definition) is 1. The third kappa shape index (κ3) is 4.93. The lowest BCUT2D eigenvalue weighted by molar-refractivity contribution is -0.147. The van der Waals surface area contributed by atoms with E-state index >= 15 is 0 Å². The molecule has 0 fully saturated rings. The second-order valence-electron chi connectivity index (χ2n) is 5.74. The highest BCUT2D eigenvalue weighted by molar-refractivity contribution is 5.73. The summed E-state index contributed by atoms with van der Waals surface area (Å²) < 4.78 is 5.67. The first-order valence-corrected chi connectivity index (χ1v) is 6.76. The van der Waals surface area contributed by atoms with Crippen LogP contribution in [0.1, 0.15) is 44.2 Å². The normalized spacial score (nSPS) is 11.4. The molecule has 19 heavy (non-hydrogen) atoms. The van der Waals surface area contributed by atoms with Gasteiger partial charge in [-0.05, 0) is 70.2 Å². The van der Waals surface area contributed by atoms with Gasteiger partial charge >= 0.3 is 5.97 Å². The summed E-state index contributed by atoms with van der Waals surface area (Å²) in [6.07, 6.45) is 2.42. The third-order valence-electron chi connectivity index (χ3n) is 3.52. The quantitative estimate of drug-likeness (QED) is 0.758. The minimum Gasteiger partial charge on any atom is -0.494 e. The molecule has 0 spiro atoms. The zero-order valence-electron chi connectivity index (χ0n) is 12.3. The van der Waals surface area contributed by atoms with Gasteiger partial charge in [0.1, 0.15) is 5.75 Å². The van der Waals surface area contributed by atoms with Crippen LogP contribution in [0, 0.1) is 19.3 Å². The first-order chi connectivity index (χ1) is 8.83. The van der Waals surface area contributed by atoms with Gasteiger partial charge in [0.05, 0.1) is 12.0 Å². The summed E-state index contributed by atoms with van der Waals surface area (Å²) in [7, 11) is 0. The topological polar surface area (TPSA) is 46.5 Å². The van der Waals surface area contributed by atoms with Crippen LogP contribution in [0.15, 0.2) is 18.2 Å². The molecule has 0 saturated heterocycles. The van der Waals surface area contributed by atoms with E-state index in [9.17, 15) is 4.79 Å². The molecule has 0 radical (unpaired) electrons. The minimum atomic E-state index is -0.734. The second-order valence-corrected chi connectivity index (χ2v) is 5.74. The van der Waals surface area contributed by atoms with E-state index in [1.807, 2.05) is 12.1 Å². The Morgan fingerprint density at radius 2 is 1.89 bits per heavy atom. The summed E-state index contributed by atoms with van der Waals surface area (Å²) in [5.74, 6) is 0.156. The number of aryl methyl sites for hydroxylation is 2. The predicted octanol–water partition coefficient (Wildman–Crippen LogP) is 3.96. The summed E-state index contributed by atoms with van der Waals surface area (Å²) in [6, 6.07) is 6.07. The number of hydrogen-bond acceptors (Lipinski definition) is 2. The van der Waals surface area contributed by atoms with E-state index in [4.69, 9.17) is 9.84 Å². The summed E-state index contributed by atoms with van der Waals surface area (Å²) >= 11 is 0. The van der Waals surface area contributed by atoms with Crippen molar-refractivity contribution in [2.45, 2.75) is 47.0 Å². The van der Waals surface area contributed by atoms with Crippen LogP contribution in [-0.2, 0) is 4.79 Å². The number of carboxylic acids is 1. The van der Waals surface area contributed by atoms with Gasteiger partial charge in [-0.15, -0.1) is 0 Å². The van der Waals surface area contributed by atoms with E-state index in [2.05, 4.69) is 19.9 Å². The highest BCUT2D eigenvalue weighted by atomic mass is 16.5. The van der Waals surface area contributed by atoms with Crippen molar-refractivity contribution >= 4 is 5.97 Å². The first kappa shape index (κ1) is 15.5. The van der Waals surface area contributed by atoms with Crippen LogP contribution >= 0.6 is 0 Å². The number of aliphatic carboxylic acids is 1. The molecule has 0 aliphatic carbocycles. The summed E-state index contributed by atoms with van der Waals surface area (Å²) in [6.45, 7) is 8.31. The molecule has 1 N–H and O–H groups in total. The molecule has 3 nitrogen and oxygen atoms in total. The molecule has 0 amide bonds. The maximum absolute atomic E-state index is 10.9. The Morgan fingerprint density at radius 3 is 2.47 bits per heavy atom. The standard InChI is InChI=1S/C16H24O3/c1-12-7-8-14(11-13(12)2)19-10-6-5-9-16(3,4)15(17)18/h7-8,11H,5-6,9-10H2,1-4H3,(H,17,18). The van der Waals surface area contributed by atoms with Gasteiger partial charge in [0, 0.05) is 0 Å². The van der Waals surface area contributed by atoms with E-state index in [1.54, 1.807) is 13.8 Å². The smallest absolute Gasteiger partial charge is 0.309 e. The summed E-state index contributed by atoms with van der Waals surface area (Å²) in [5.41, 5.74) is 1.85. The predicted molar refractivity (Wildman–Crippen MR) is 76.7 cm³/mol. The van der Waals surface area contributed by atoms with Crippen LogP contribution in [0.2, 0.25) is 0 Å². The summed E-state index contributed by atoms with van der Waals surface area (Å²) in [4.78, 5) is 10.9. The Morgan fingerprint density at radius 1 is 1.21 bits per heavy atom. The fourth-order valence-corrected chi connectivity index (χ4v) is 1.77. The average Bonchev–Trinajstić information content (AvgIpc) is 2.33. The fraction of sp³-hybridized carbons (Fsp3) is 0.562. The van der Waals surface area contributed by atoms with Crippen molar-refractivity contribution in [2.75, 3.05) is 6.61 Å². The third-order valence-corrected chi connectivity index (χ3v) is 3.52. The molecule has 0 saturated carbocycles. The Kier molecular flexibility index (Phi) is 5.40. The Balaban J connectivity index is 2.28. The van der Waals surface area contributed by atoms with Crippen molar-refractivity contribution in [1.29, 1.82) is 0 Å². The second kappa shape index (κ2) is 6.60. The van der Waals surface area contributed by atoms with Crippen LogP contribution in [0.4, 0.5) is 0 Å². The molecule has 0 aliphatic rings. The molecule has 0 heterocycles. The molecule has 0 aliphatic heterocycles. The number of unbranched alkanes of at least 4 members (excludes halogenated alkanes) is 1. The average molecular weight is 264 g/mol. The zero-order valence-corrected chi connectivity index (χ0v) is 12.3. The minimum absolute atomic E-state index is 0.637. The van der Waals surface area contributed by atoms with Crippen molar-refractivity contribution in [1.82, 2.24) is 0 Å². The molecular weight excluding hydrogens is 240 g/mol. The molecule has 0 unspecified atom stereocenters. The lowest BCUT2D eigenvalue weighted by Crippen LogP contribution is -2.23. The van der Waals surface area contributed by atoms with Crippen LogP contribution in [-0.4, -0.2) is 17.7 Å². The van der Waals surface area contributed by atoms with Crippen LogP contribution in [0.25, 0.3) is 0 Å². The van der Waals surface area contributed by atoms with Gasteiger partial charge in [-0.1, -0.05) is 6.07 Å². The maximum Gasteiger partial charge on any atom is 0.309 e. The van der Waals surface area contributed by atoms with Crippen molar-refractivity contribution in [3.05, 3.63) is 29.3 Å². The van der Waals surface area contributed by atoms with Gasteiger partial charge in [0.2, 0.25) is 0 Å². The summed E-state index contributed by atoms with van der Waals surface area (Å²) in [5, 5.41) is 9.00. The Hall–Kier alpha value is -1.51. The number of carboxylic acid groups (broad SMARTS) is 1. The van der Waals surface area contributed by atoms with Gasteiger partial charge in [0.25, 0.3) is 0 Å². The van der Waals surface area contributed by atoms with E-state index in [0.717, 1.165) is 18.6 Å². The van der Waals surface area contributed by atoms with E-state index in [0.29, 0.717) is 13.0 Å². The SMILES string of the molecule is Cc1ccc(OCCCCC(C)(C)C(=O)O)cc1C. The largest absolute Gasteiger partial charge is 0.494 e. The molecular formula is C16H24O3. The lowest BCUT2D eigenvalue weighted by Gasteiger charge is -2.18. The molecule has 0 aromatic heterocycles. The lowest BCUT2D eigenvalue weighted by atomic mass is 9.87. The van der Waals surface area contributed by atoms with E-state index in [-0.39, 0.29) is 0 Å². The van der Waals surface area contributed by atoms with Crippen molar-refractivity contribution in [2.24, 2.45) is 5.41 Å². The van der Waals surface area contributed by atoms with Gasteiger partial charge in [-0.2, -0.15) is 0 Å². The monoisotopic (exact) mass is 264 g/mol. The first-order valence-electron chi connectivity index (χ1n) is 6.76. The molecule has 1 aromatic carbocycles. The number of carbonyl (C=O) groups is 1. The van der Waals surface area contributed by atoms with Gasteiger partial charge < -0.3 is 9.84 Å². The molecule has 0 bridgehead atoms. The highest BCUT2D eigenvalue weighted by Crippen LogP contribution is 2.23. The fourth-order valence-electron chi connectivity index (χ4n) is 1.77. The van der Waals surface area contributed by atoms with Gasteiger partial charge in [0.15, 0.2) is 0 Å². The van der Waals surface area contributed by atoms with E-state index < -0.39 is 11.4 Å². The molecule has 1 aromatic rings. The molecule has 0 atom stereocenters. The Labute approximate surface area is 115 Å². The Bertz CT molecular complexity index is 436. The van der Waals surface area contributed by atoms with E-state index in [1.165, 1.54) is 11.1 Å². The molecule has 3 heteroatoms.